The summed E-state index contributed by atoms with van der Waals surface area (Å²) in [5.74, 6) is -0.686. The first-order valence-electron chi connectivity index (χ1n) is 14.2. The van der Waals surface area contributed by atoms with Crippen molar-refractivity contribution < 1.29 is 18.0 Å². The van der Waals surface area contributed by atoms with Crippen LogP contribution in [0.4, 0.5) is 5.69 Å². The Kier molecular flexibility index (Phi) is 11.4. The van der Waals surface area contributed by atoms with Gasteiger partial charge < -0.3 is 10.2 Å². The summed E-state index contributed by atoms with van der Waals surface area (Å²) in [5, 5.41) is 3.37. The fourth-order valence-corrected chi connectivity index (χ4v) is 6.36. The quantitative estimate of drug-likeness (QED) is 0.176. The van der Waals surface area contributed by atoms with Crippen molar-refractivity contribution in [3.05, 3.63) is 130 Å². The highest BCUT2D eigenvalue weighted by Gasteiger charge is 2.34. The molecule has 4 aromatic carbocycles. The van der Waals surface area contributed by atoms with Crippen LogP contribution in [0.5, 0.6) is 0 Å². The Balaban J connectivity index is 1.79. The molecule has 0 bridgehead atoms. The number of carbonyl (C=O) groups excluding carboxylic acids is 2. The molecule has 0 aliphatic rings. The molecule has 0 spiro atoms. The van der Waals surface area contributed by atoms with Crippen LogP contribution in [0, 0.1) is 5.92 Å². The highest BCUT2D eigenvalue weighted by atomic mass is 35.5. The molecule has 0 saturated carbocycles. The van der Waals surface area contributed by atoms with E-state index in [1.54, 1.807) is 18.2 Å². The highest BCUT2D eigenvalue weighted by molar-refractivity contribution is 7.92. The van der Waals surface area contributed by atoms with Gasteiger partial charge in [0.1, 0.15) is 12.6 Å². The van der Waals surface area contributed by atoms with Gasteiger partial charge in [0.2, 0.25) is 11.8 Å². The average molecular weight is 653 g/mol. The smallest absolute Gasteiger partial charge is 0.264 e. The maximum Gasteiger partial charge on any atom is 0.264 e. The topological polar surface area (TPSA) is 86.8 Å². The van der Waals surface area contributed by atoms with Gasteiger partial charge in [-0.15, -0.1) is 0 Å². The number of benzene rings is 4. The number of amides is 2. The predicted molar refractivity (Wildman–Crippen MR) is 176 cm³/mol. The number of halogens is 2. The molecule has 10 heteroatoms. The molecule has 7 nitrogen and oxygen atoms in total. The SMILES string of the molecule is CC(C)CNC(=O)[C@H](Cc1ccccc1)N(Cc1ccccc1)C(=O)CN(c1ccc(Cl)c(Cl)c1)S(=O)(=O)c1ccccc1. The summed E-state index contributed by atoms with van der Waals surface area (Å²) >= 11 is 12.5. The number of nitrogens with zero attached hydrogens (tertiary/aromatic N) is 2. The number of carbonyl (C=O) groups is 2. The van der Waals surface area contributed by atoms with E-state index in [1.165, 1.54) is 35.2 Å². The third kappa shape index (κ3) is 8.62. The predicted octanol–water partition coefficient (Wildman–Crippen LogP) is 6.60. The van der Waals surface area contributed by atoms with Gasteiger partial charge in [-0.05, 0) is 47.4 Å². The van der Waals surface area contributed by atoms with Crippen LogP contribution < -0.4 is 9.62 Å². The van der Waals surface area contributed by atoms with Crippen LogP contribution in [0.25, 0.3) is 0 Å². The Morgan fingerprint density at radius 3 is 1.91 bits per heavy atom. The molecular weight excluding hydrogens is 617 g/mol. The van der Waals surface area contributed by atoms with Gasteiger partial charge in [0.05, 0.1) is 20.6 Å². The van der Waals surface area contributed by atoms with Gasteiger partial charge in [-0.3, -0.25) is 13.9 Å². The first-order valence-corrected chi connectivity index (χ1v) is 16.4. The van der Waals surface area contributed by atoms with Crippen LogP contribution in [-0.4, -0.2) is 44.3 Å². The van der Waals surface area contributed by atoms with Crippen LogP contribution in [-0.2, 0) is 32.6 Å². The van der Waals surface area contributed by atoms with E-state index >= 15 is 0 Å². The van der Waals surface area contributed by atoms with Gasteiger partial charge in [-0.2, -0.15) is 0 Å². The number of anilines is 1. The van der Waals surface area contributed by atoms with E-state index in [0.717, 1.165) is 15.4 Å². The van der Waals surface area contributed by atoms with E-state index in [9.17, 15) is 18.0 Å². The molecule has 2 amide bonds. The summed E-state index contributed by atoms with van der Waals surface area (Å²) < 4.78 is 29.0. The lowest BCUT2D eigenvalue weighted by molar-refractivity contribution is -0.140. The second kappa shape index (κ2) is 15.2. The van der Waals surface area contributed by atoms with Crippen molar-refractivity contribution in [2.45, 2.75) is 37.8 Å². The van der Waals surface area contributed by atoms with Gasteiger partial charge in [0, 0.05) is 19.5 Å². The molecule has 230 valence electrons. The number of hydrogen-bond donors (Lipinski definition) is 1. The van der Waals surface area contributed by atoms with Crippen molar-refractivity contribution in [3.8, 4) is 0 Å². The Hall–Kier alpha value is -3.85. The Morgan fingerprint density at radius 1 is 0.773 bits per heavy atom. The minimum absolute atomic E-state index is 0.00370. The standard InChI is InChI=1S/C34H35Cl2N3O4S/c1-25(2)22-37-34(41)32(20-26-12-6-3-7-13-26)38(23-27-14-8-4-9-15-27)33(40)24-39(28-18-19-30(35)31(36)21-28)44(42,43)29-16-10-5-11-17-29/h3-19,21,25,32H,20,22-24H2,1-2H3,(H,37,41)/t32-/m0/s1. The zero-order chi connectivity index (χ0) is 31.7. The molecule has 1 atom stereocenters. The van der Waals surface area contributed by atoms with Gasteiger partial charge in [0.25, 0.3) is 10.0 Å². The van der Waals surface area contributed by atoms with Crippen molar-refractivity contribution in [1.29, 1.82) is 0 Å². The van der Waals surface area contributed by atoms with Crippen LogP contribution in [0.1, 0.15) is 25.0 Å². The van der Waals surface area contributed by atoms with Crippen molar-refractivity contribution >= 4 is 50.7 Å². The summed E-state index contributed by atoms with van der Waals surface area (Å²) in [4.78, 5) is 29.7. The van der Waals surface area contributed by atoms with E-state index in [4.69, 9.17) is 23.2 Å². The lowest BCUT2D eigenvalue weighted by Gasteiger charge is -2.34. The number of nitrogens with one attached hydrogen (secondary N) is 1. The maximum atomic E-state index is 14.4. The summed E-state index contributed by atoms with van der Waals surface area (Å²) in [6.07, 6.45) is 0.238. The third-order valence-electron chi connectivity index (χ3n) is 6.95. The molecule has 0 radical (unpaired) electrons. The zero-order valence-corrected chi connectivity index (χ0v) is 26.9. The number of sulfonamides is 1. The summed E-state index contributed by atoms with van der Waals surface area (Å²) in [6.45, 7) is 3.92. The number of hydrogen-bond acceptors (Lipinski definition) is 4. The maximum absolute atomic E-state index is 14.4. The molecular formula is C34H35Cl2N3O4S. The molecule has 0 fully saturated rings. The van der Waals surface area contributed by atoms with E-state index in [2.05, 4.69) is 5.32 Å². The van der Waals surface area contributed by atoms with Gasteiger partial charge in [0.15, 0.2) is 0 Å². The average Bonchev–Trinajstić information content (AvgIpc) is 3.03. The van der Waals surface area contributed by atoms with Crippen molar-refractivity contribution in [3.63, 3.8) is 0 Å². The molecule has 44 heavy (non-hydrogen) atoms. The molecule has 0 unspecified atom stereocenters. The van der Waals surface area contributed by atoms with Gasteiger partial charge in [-0.25, -0.2) is 8.42 Å². The van der Waals surface area contributed by atoms with E-state index in [1.807, 2.05) is 74.5 Å². The second-order valence-corrected chi connectivity index (χ2v) is 13.5. The molecule has 0 saturated heterocycles. The summed E-state index contributed by atoms with van der Waals surface area (Å²) in [7, 11) is -4.23. The fraction of sp³-hybridized carbons (Fsp3) is 0.235. The Labute approximate surface area is 269 Å². The summed E-state index contributed by atoms with van der Waals surface area (Å²) in [6, 6.07) is 30.1. The first kappa shape index (κ1) is 33.1. The van der Waals surface area contributed by atoms with E-state index in [-0.39, 0.29) is 45.4 Å². The van der Waals surface area contributed by atoms with Crippen LogP contribution in [0.3, 0.4) is 0 Å². The number of rotatable bonds is 13. The minimum atomic E-state index is -4.23. The Morgan fingerprint density at radius 2 is 1.34 bits per heavy atom. The monoisotopic (exact) mass is 651 g/mol. The van der Waals surface area contributed by atoms with Crippen LogP contribution in [0.15, 0.2) is 114 Å². The Bertz CT molecular complexity index is 1650. The minimum Gasteiger partial charge on any atom is -0.354 e. The van der Waals surface area contributed by atoms with Gasteiger partial charge >= 0.3 is 0 Å². The molecule has 0 aliphatic heterocycles. The lowest BCUT2D eigenvalue weighted by Crippen LogP contribution is -2.53. The van der Waals surface area contributed by atoms with Crippen LogP contribution in [0.2, 0.25) is 10.0 Å². The van der Waals surface area contributed by atoms with Crippen molar-refractivity contribution in [1.82, 2.24) is 10.2 Å². The van der Waals surface area contributed by atoms with Crippen molar-refractivity contribution in [2.24, 2.45) is 5.92 Å². The zero-order valence-electron chi connectivity index (χ0n) is 24.6. The third-order valence-corrected chi connectivity index (χ3v) is 9.48. The van der Waals surface area contributed by atoms with Gasteiger partial charge in [-0.1, -0.05) is 116 Å². The van der Waals surface area contributed by atoms with Crippen LogP contribution >= 0.6 is 23.2 Å². The molecule has 4 aromatic rings. The summed E-state index contributed by atoms with van der Waals surface area (Å²) in [5.41, 5.74) is 1.82. The fourth-order valence-electron chi connectivity index (χ4n) is 4.65. The molecule has 4 rings (SSSR count). The normalized spacial score (nSPS) is 12.0. The lowest BCUT2D eigenvalue weighted by atomic mass is 10.0. The molecule has 0 aliphatic carbocycles. The second-order valence-electron chi connectivity index (χ2n) is 10.8. The molecule has 0 aromatic heterocycles. The first-order chi connectivity index (χ1) is 21.1. The molecule has 1 N–H and O–H groups in total. The van der Waals surface area contributed by atoms with E-state index < -0.39 is 28.5 Å². The molecule has 0 heterocycles. The van der Waals surface area contributed by atoms with E-state index in [0.29, 0.717) is 6.54 Å². The highest BCUT2D eigenvalue weighted by Crippen LogP contribution is 2.31. The largest absolute Gasteiger partial charge is 0.354 e. The van der Waals surface area contributed by atoms with Crippen molar-refractivity contribution in [2.75, 3.05) is 17.4 Å².